The van der Waals surface area contributed by atoms with E-state index in [4.69, 9.17) is 4.74 Å². The second kappa shape index (κ2) is 9.30. The Morgan fingerprint density at radius 1 is 1.17 bits per heavy atom. The molecular weight excluding hydrogens is 304 g/mol. The van der Waals surface area contributed by atoms with Crippen LogP contribution in [-0.2, 0) is 9.59 Å². The molecule has 132 valence electrons. The third-order valence-corrected chi connectivity index (χ3v) is 4.10. The lowest BCUT2D eigenvalue weighted by Gasteiger charge is -2.25. The fourth-order valence-corrected chi connectivity index (χ4v) is 2.90. The Balaban J connectivity index is 1.81. The summed E-state index contributed by atoms with van der Waals surface area (Å²) in [6.45, 7) is 6.05. The van der Waals surface area contributed by atoms with Crippen molar-refractivity contribution < 1.29 is 14.3 Å². The summed E-state index contributed by atoms with van der Waals surface area (Å²) < 4.78 is 5.54. The Hall–Kier alpha value is -2.04. The Bertz CT molecular complexity index is 525. The van der Waals surface area contributed by atoms with Crippen molar-refractivity contribution in [1.29, 1.82) is 0 Å². The Kier molecular flexibility index (Phi) is 7.09. The molecule has 1 aromatic rings. The first-order chi connectivity index (χ1) is 11.6. The summed E-state index contributed by atoms with van der Waals surface area (Å²) in [5.41, 5.74) is 0. The van der Waals surface area contributed by atoms with Crippen LogP contribution in [0.2, 0.25) is 0 Å². The van der Waals surface area contributed by atoms with Crippen molar-refractivity contribution in [2.45, 2.75) is 45.6 Å². The van der Waals surface area contributed by atoms with E-state index in [0.717, 1.165) is 31.7 Å². The van der Waals surface area contributed by atoms with Gasteiger partial charge >= 0.3 is 0 Å². The van der Waals surface area contributed by atoms with E-state index in [1.54, 1.807) is 0 Å². The summed E-state index contributed by atoms with van der Waals surface area (Å²) in [6.07, 6.45) is 3.02. The molecule has 24 heavy (non-hydrogen) atoms. The highest BCUT2D eigenvalue weighted by molar-refractivity contribution is 5.87. The third-order valence-electron chi connectivity index (χ3n) is 4.10. The van der Waals surface area contributed by atoms with Crippen LogP contribution < -0.4 is 10.1 Å². The summed E-state index contributed by atoms with van der Waals surface area (Å²) in [4.78, 5) is 26.6. The van der Waals surface area contributed by atoms with Crippen LogP contribution in [0.25, 0.3) is 0 Å². The number of carbonyl (C=O) groups is 2. The molecule has 0 spiro atoms. The first-order valence-corrected chi connectivity index (χ1v) is 8.82. The Morgan fingerprint density at radius 2 is 1.83 bits per heavy atom. The maximum absolute atomic E-state index is 12.6. The minimum atomic E-state index is -0.424. The normalized spacial score (nSPS) is 15.4. The minimum absolute atomic E-state index is 0.0542. The van der Waals surface area contributed by atoms with Crippen molar-refractivity contribution in [1.82, 2.24) is 10.2 Å². The van der Waals surface area contributed by atoms with Gasteiger partial charge in [-0.2, -0.15) is 0 Å². The van der Waals surface area contributed by atoms with E-state index in [-0.39, 0.29) is 18.2 Å². The largest absolute Gasteiger partial charge is 0.493 e. The Labute approximate surface area is 144 Å². The van der Waals surface area contributed by atoms with Crippen molar-refractivity contribution >= 4 is 11.8 Å². The molecule has 5 nitrogen and oxygen atoms in total. The zero-order valence-corrected chi connectivity index (χ0v) is 14.7. The van der Waals surface area contributed by atoms with Gasteiger partial charge in [-0.1, -0.05) is 32.0 Å². The van der Waals surface area contributed by atoms with Gasteiger partial charge in [0.25, 0.3) is 0 Å². The maximum atomic E-state index is 12.6. The van der Waals surface area contributed by atoms with Gasteiger partial charge in [0.05, 0.1) is 13.0 Å². The lowest BCUT2D eigenvalue weighted by atomic mass is 10.0. The topological polar surface area (TPSA) is 58.6 Å². The van der Waals surface area contributed by atoms with Gasteiger partial charge in [-0.15, -0.1) is 0 Å². The maximum Gasteiger partial charge on any atom is 0.245 e. The SMILES string of the molecule is CC(C)C[C@H](NC(=O)CCOc1ccccc1)C(=O)N1CCCC1. The van der Waals surface area contributed by atoms with Crippen LogP contribution in [0, 0.1) is 5.92 Å². The second-order valence-electron chi connectivity index (χ2n) is 6.69. The van der Waals surface area contributed by atoms with Gasteiger partial charge in [-0.3, -0.25) is 9.59 Å². The zero-order chi connectivity index (χ0) is 17.4. The standard InChI is InChI=1S/C19H28N2O3/c1-15(2)14-17(19(23)21-11-6-7-12-21)20-18(22)10-13-24-16-8-4-3-5-9-16/h3-5,8-9,15,17H,6-7,10-14H2,1-2H3,(H,20,22)/t17-/m0/s1. The van der Waals surface area contributed by atoms with Crippen LogP contribution in [0.4, 0.5) is 0 Å². The number of likely N-dealkylation sites (tertiary alicyclic amines) is 1. The van der Waals surface area contributed by atoms with Gasteiger partial charge in [0, 0.05) is 13.1 Å². The highest BCUT2D eigenvalue weighted by Gasteiger charge is 2.28. The number of nitrogens with zero attached hydrogens (tertiary/aromatic N) is 1. The van der Waals surface area contributed by atoms with E-state index >= 15 is 0 Å². The van der Waals surface area contributed by atoms with Crippen molar-refractivity contribution in [3.05, 3.63) is 30.3 Å². The molecular formula is C19H28N2O3. The predicted octanol–water partition coefficient (Wildman–Crippen LogP) is 2.61. The highest BCUT2D eigenvalue weighted by Crippen LogP contribution is 2.14. The summed E-state index contributed by atoms with van der Waals surface area (Å²) in [5, 5.41) is 2.90. The number of benzene rings is 1. The van der Waals surface area contributed by atoms with Crippen molar-refractivity contribution in [3.63, 3.8) is 0 Å². The van der Waals surface area contributed by atoms with E-state index in [2.05, 4.69) is 19.2 Å². The third kappa shape index (κ3) is 5.87. The van der Waals surface area contributed by atoms with Crippen LogP contribution >= 0.6 is 0 Å². The lowest BCUT2D eigenvalue weighted by molar-refractivity contribution is -0.136. The Morgan fingerprint density at radius 3 is 2.46 bits per heavy atom. The van der Waals surface area contributed by atoms with E-state index in [1.165, 1.54) is 0 Å². The molecule has 1 N–H and O–H groups in total. The van der Waals surface area contributed by atoms with Gasteiger partial charge in [-0.25, -0.2) is 0 Å². The van der Waals surface area contributed by atoms with Crippen molar-refractivity contribution in [2.24, 2.45) is 5.92 Å². The number of nitrogens with one attached hydrogen (secondary N) is 1. The smallest absolute Gasteiger partial charge is 0.245 e. The van der Waals surface area contributed by atoms with Gasteiger partial charge in [-0.05, 0) is 37.3 Å². The number of rotatable bonds is 8. The van der Waals surface area contributed by atoms with Gasteiger partial charge in [0.15, 0.2) is 0 Å². The zero-order valence-electron chi connectivity index (χ0n) is 14.7. The average molecular weight is 332 g/mol. The first kappa shape index (κ1) is 18.3. The highest BCUT2D eigenvalue weighted by atomic mass is 16.5. The molecule has 1 fully saturated rings. The summed E-state index contributed by atoms with van der Waals surface area (Å²) in [6, 6.07) is 8.99. The van der Waals surface area contributed by atoms with E-state index in [1.807, 2.05) is 35.2 Å². The summed E-state index contributed by atoms with van der Waals surface area (Å²) in [5.74, 6) is 1.02. The van der Waals surface area contributed by atoms with Crippen LogP contribution in [0.3, 0.4) is 0 Å². The van der Waals surface area contributed by atoms with Crippen LogP contribution in [0.1, 0.15) is 39.5 Å². The van der Waals surface area contributed by atoms with Crippen LogP contribution in [0.15, 0.2) is 30.3 Å². The number of amides is 2. The van der Waals surface area contributed by atoms with Gasteiger partial charge in [0.1, 0.15) is 11.8 Å². The second-order valence-corrected chi connectivity index (χ2v) is 6.69. The molecule has 2 amide bonds. The molecule has 1 heterocycles. The average Bonchev–Trinajstić information content (AvgIpc) is 3.08. The minimum Gasteiger partial charge on any atom is -0.493 e. The number of para-hydroxylation sites is 1. The molecule has 2 rings (SSSR count). The van der Waals surface area contributed by atoms with Crippen molar-refractivity contribution in [2.75, 3.05) is 19.7 Å². The fraction of sp³-hybridized carbons (Fsp3) is 0.579. The van der Waals surface area contributed by atoms with E-state index < -0.39 is 6.04 Å². The quantitative estimate of drug-likeness (QED) is 0.796. The molecule has 0 aromatic heterocycles. The molecule has 1 aliphatic rings. The monoisotopic (exact) mass is 332 g/mol. The molecule has 1 saturated heterocycles. The summed E-state index contributed by atoms with van der Waals surface area (Å²) >= 11 is 0. The molecule has 1 aliphatic heterocycles. The predicted molar refractivity (Wildman–Crippen MR) is 93.8 cm³/mol. The van der Waals surface area contributed by atoms with Crippen molar-refractivity contribution in [3.8, 4) is 5.75 Å². The van der Waals surface area contributed by atoms with E-state index in [9.17, 15) is 9.59 Å². The molecule has 0 saturated carbocycles. The number of carbonyl (C=O) groups excluding carboxylic acids is 2. The van der Waals surface area contributed by atoms with E-state index in [0.29, 0.717) is 18.9 Å². The lowest BCUT2D eigenvalue weighted by Crippen LogP contribution is -2.48. The van der Waals surface area contributed by atoms with Gasteiger partial charge < -0.3 is 15.0 Å². The molecule has 0 aliphatic carbocycles. The number of ether oxygens (including phenoxy) is 1. The molecule has 0 bridgehead atoms. The molecule has 0 unspecified atom stereocenters. The summed E-state index contributed by atoms with van der Waals surface area (Å²) in [7, 11) is 0. The fourth-order valence-electron chi connectivity index (χ4n) is 2.90. The number of hydrogen-bond donors (Lipinski definition) is 1. The molecule has 1 aromatic carbocycles. The number of hydrogen-bond acceptors (Lipinski definition) is 3. The molecule has 5 heteroatoms. The van der Waals surface area contributed by atoms with Crippen LogP contribution in [0.5, 0.6) is 5.75 Å². The molecule has 1 atom stereocenters. The van der Waals surface area contributed by atoms with Crippen LogP contribution in [-0.4, -0.2) is 42.5 Å². The first-order valence-electron chi connectivity index (χ1n) is 8.82. The molecule has 0 radical (unpaired) electrons. The van der Waals surface area contributed by atoms with Gasteiger partial charge in [0.2, 0.25) is 11.8 Å².